The topological polar surface area (TPSA) is 75.5 Å². The summed E-state index contributed by atoms with van der Waals surface area (Å²) < 4.78 is 17.4. The van der Waals surface area contributed by atoms with Gasteiger partial charge >= 0.3 is 5.97 Å². The molecule has 0 aliphatic carbocycles. The number of fused-ring (bicyclic) bond motifs is 1. The molecule has 0 spiro atoms. The largest absolute Gasteiger partial charge is 0.497 e. The molecule has 0 fully saturated rings. The molecule has 0 aliphatic rings. The molecule has 0 amide bonds. The molecule has 4 aromatic rings. The number of hydrogen-bond acceptors (Lipinski definition) is 6. The number of methoxy groups -OCH3 is 3. The summed E-state index contributed by atoms with van der Waals surface area (Å²) in [6, 6.07) is 14.4. The first-order valence-corrected chi connectivity index (χ1v) is 9.39. The second-order valence-corrected chi connectivity index (χ2v) is 6.81. The van der Waals surface area contributed by atoms with Crippen molar-refractivity contribution in [3.05, 3.63) is 65.4 Å². The maximum absolute atomic E-state index is 12.2. The summed E-state index contributed by atoms with van der Waals surface area (Å²) >= 11 is 6.12. The van der Waals surface area contributed by atoms with Gasteiger partial charge < -0.3 is 14.2 Å². The van der Waals surface area contributed by atoms with Gasteiger partial charge in [0.15, 0.2) is 5.69 Å². The number of benzene rings is 2. The van der Waals surface area contributed by atoms with Gasteiger partial charge in [-0.3, -0.25) is 4.98 Å². The van der Waals surface area contributed by atoms with E-state index in [9.17, 15) is 4.79 Å². The Balaban J connectivity index is 2.00. The minimum atomic E-state index is -0.538. The van der Waals surface area contributed by atoms with Crippen LogP contribution in [0.4, 0.5) is 0 Å². The van der Waals surface area contributed by atoms with Gasteiger partial charge in [-0.1, -0.05) is 11.6 Å². The van der Waals surface area contributed by atoms with Gasteiger partial charge in [-0.05, 0) is 42.5 Å². The Morgan fingerprint density at radius 3 is 2.57 bits per heavy atom. The number of esters is 1. The monoisotopic (exact) mass is 423 g/mol. The van der Waals surface area contributed by atoms with E-state index in [4.69, 9.17) is 25.8 Å². The standard InChI is InChI=1S/C22H18ClN3O4/c1-28-14-5-7-16(21(11-14)29-2)20-12-18(22(27)30-3)25-26(20)19-8-9-24-17-10-13(23)4-6-15(17)19/h4-12H,1-3H3. The van der Waals surface area contributed by atoms with E-state index in [-0.39, 0.29) is 5.69 Å². The maximum Gasteiger partial charge on any atom is 0.358 e. The highest BCUT2D eigenvalue weighted by molar-refractivity contribution is 6.31. The van der Waals surface area contributed by atoms with Gasteiger partial charge in [0.1, 0.15) is 11.5 Å². The van der Waals surface area contributed by atoms with Crippen molar-refractivity contribution in [2.45, 2.75) is 0 Å². The van der Waals surface area contributed by atoms with Crippen molar-refractivity contribution in [3.63, 3.8) is 0 Å². The molecular weight excluding hydrogens is 406 g/mol. The molecule has 0 saturated carbocycles. The van der Waals surface area contributed by atoms with Crippen molar-refractivity contribution in [3.8, 4) is 28.4 Å². The first kappa shape index (κ1) is 19.7. The first-order chi connectivity index (χ1) is 14.5. The van der Waals surface area contributed by atoms with Crippen LogP contribution in [-0.2, 0) is 4.74 Å². The molecule has 2 heterocycles. The van der Waals surface area contributed by atoms with Crippen molar-refractivity contribution in [2.24, 2.45) is 0 Å². The molecule has 0 unspecified atom stereocenters. The number of carbonyl (C=O) groups excluding carboxylic acids is 1. The highest BCUT2D eigenvalue weighted by atomic mass is 35.5. The number of hydrogen-bond donors (Lipinski definition) is 0. The average Bonchev–Trinajstić information content (AvgIpc) is 3.22. The fourth-order valence-electron chi connectivity index (χ4n) is 3.26. The lowest BCUT2D eigenvalue weighted by Gasteiger charge is -2.13. The molecule has 7 nitrogen and oxygen atoms in total. The number of rotatable bonds is 5. The summed E-state index contributed by atoms with van der Waals surface area (Å²) in [6.45, 7) is 0. The maximum atomic E-state index is 12.2. The van der Waals surface area contributed by atoms with E-state index in [1.54, 1.807) is 49.4 Å². The smallest absolute Gasteiger partial charge is 0.358 e. The third-order valence-corrected chi connectivity index (χ3v) is 4.93. The van der Waals surface area contributed by atoms with Crippen LogP contribution in [-0.4, -0.2) is 42.1 Å². The van der Waals surface area contributed by atoms with Gasteiger partial charge in [0.2, 0.25) is 0 Å². The molecule has 0 aliphatic heterocycles. The van der Waals surface area contributed by atoms with Gasteiger partial charge in [-0.25, -0.2) is 9.48 Å². The second kappa shape index (κ2) is 8.04. The van der Waals surface area contributed by atoms with Crippen LogP contribution in [0.5, 0.6) is 11.5 Å². The van der Waals surface area contributed by atoms with Crippen LogP contribution < -0.4 is 9.47 Å². The first-order valence-electron chi connectivity index (χ1n) is 9.01. The molecule has 4 rings (SSSR count). The molecule has 0 atom stereocenters. The van der Waals surface area contributed by atoms with E-state index in [0.29, 0.717) is 27.7 Å². The van der Waals surface area contributed by atoms with Gasteiger partial charge in [-0.15, -0.1) is 0 Å². The normalized spacial score (nSPS) is 10.8. The van der Waals surface area contributed by atoms with E-state index in [0.717, 1.165) is 16.6 Å². The van der Waals surface area contributed by atoms with Crippen molar-refractivity contribution >= 4 is 28.5 Å². The van der Waals surface area contributed by atoms with Crippen molar-refractivity contribution < 1.29 is 19.0 Å². The lowest BCUT2D eigenvalue weighted by Crippen LogP contribution is -2.05. The molecule has 152 valence electrons. The average molecular weight is 424 g/mol. The molecule has 2 aromatic heterocycles. The van der Waals surface area contributed by atoms with Crippen molar-refractivity contribution in [1.82, 2.24) is 14.8 Å². The molecule has 2 aromatic carbocycles. The van der Waals surface area contributed by atoms with Crippen LogP contribution >= 0.6 is 11.6 Å². The highest BCUT2D eigenvalue weighted by Crippen LogP contribution is 2.36. The minimum Gasteiger partial charge on any atom is -0.497 e. The number of nitrogens with zero attached hydrogens (tertiary/aromatic N) is 3. The van der Waals surface area contributed by atoms with E-state index in [2.05, 4.69) is 10.1 Å². The van der Waals surface area contributed by atoms with Gasteiger partial charge in [-0.2, -0.15) is 5.10 Å². The fraction of sp³-hybridized carbons (Fsp3) is 0.136. The van der Waals surface area contributed by atoms with E-state index in [1.807, 2.05) is 24.3 Å². The van der Waals surface area contributed by atoms with E-state index >= 15 is 0 Å². The SMILES string of the molecule is COC(=O)c1cc(-c2ccc(OC)cc2OC)n(-c2ccnc3cc(Cl)ccc23)n1. The number of carbonyl (C=O) groups is 1. The molecule has 0 saturated heterocycles. The molecule has 8 heteroatoms. The molecular formula is C22H18ClN3O4. The Bertz CT molecular complexity index is 1250. The van der Waals surface area contributed by atoms with E-state index in [1.165, 1.54) is 7.11 Å². The second-order valence-electron chi connectivity index (χ2n) is 6.38. The predicted octanol–water partition coefficient (Wildman–Crippen LogP) is 4.54. The number of aromatic nitrogens is 3. The quantitative estimate of drug-likeness (QED) is 0.438. The molecule has 0 bridgehead atoms. The Hall–Kier alpha value is -3.58. The van der Waals surface area contributed by atoms with Crippen molar-refractivity contribution in [2.75, 3.05) is 21.3 Å². The number of pyridine rings is 1. The fourth-order valence-corrected chi connectivity index (χ4v) is 3.43. The summed E-state index contributed by atoms with van der Waals surface area (Å²) in [4.78, 5) is 16.6. The summed E-state index contributed by atoms with van der Waals surface area (Å²) in [7, 11) is 4.48. The van der Waals surface area contributed by atoms with Gasteiger partial charge in [0, 0.05) is 28.2 Å². The predicted molar refractivity (Wildman–Crippen MR) is 114 cm³/mol. The highest BCUT2D eigenvalue weighted by Gasteiger charge is 2.21. The molecule has 0 radical (unpaired) electrons. The van der Waals surface area contributed by atoms with Crippen molar-refractivity contribution in [1.29, 1.82) is 0 Å². The van der Waals surface area contributed by atoms with Gasteiger partial charge in [0.05, 0.1) is 38.2 Å². The third kappa shape index (κ3) is 3.44. The summed E-state index contributed by atoms with van der Waals surface area (Å²) in [5, 5.41) is 5.92. The Morgan fingerprint density at radius 1 is 1.00 bits per heavy atom. The zero-order valence-electron chi connectivity index (χ0n) is 16.5. The summed E-state index contributed by atoms with van der Waals surface area (Å²) in [5.74, 6) is 0.691. The Morgan fingerprint density at radius 2 is 1.83 bits per heavy atom. The molecule has 30 heavy (non-hydrogen) atoms. The van der Waals surface area contributed by atoms with Gasteiger partial charge in [0.25, 0.3) is 0 Å². The zero-order valence-corrected chi connectivity index (χ0v) is 17.3. The van der Waals surface area contributed by atoms with E-state index < -0.39 is 5.97 Å². The van der Waals surface area contributed by atoms with Crippen LogP contribution in [0.25, 0.3) is 27.8 Å². The molecule has 0 N–H and O–H groups in total. The Kier molecular flexibility index (Phi) is 5.29. The lowest BCUT2D eigenvalue weighted by molar-refractivity contribution is 0.0593. The van der Waals surface area contributed by atoms with Crippen LogP contribution in [0, 0.1) is 0 Å². The summed E-state index contributed by atoms with van der Waals surface area (Å²) in [5.41, 5.74) is 3.00. The van der Waals surface area contributed by atoms with Crippen LogP contribution in [0.1, 0.15) is 10.5 Å². The minimum absolute atomic E-state index is 0.171. The van der Waals surface area contributed by atoms with Crippen LogP contribution in [0.3, 0.4) is 0 Å². The number of ether oxygens (including phenoxy) is 3. The number of halogens is 1. The lowest BCUT2D eigenvalue weighted by atomic mass is 10.1. The Labute approximate surface area is 177 Å². The zero-order chi connectivity index (χ0) is 21.3. The summed E-state index contributed by atoms with van der Waals surface area (Å²) in [6.07, 6.45) is 1.67. The van der Waals surface area contributed by atoms with Crippen LogP contribution in [0.15, 0.2) is 54.7 Å². The third-order valence-electron chi connectivity index (χ3n) is 4.70. The van der Waals surface area contributed by atoms with Crippen LogP contribution in [0.2, 0.25) is 5.02 Å².